The van der Waals surface area contributed by atoms with Crippen LogP contribution in [0.4, 0.5) is 0 Å². The molecule has 36 heavy (non-hydrogen) atoms. The molecule has 0 aromatic heterocycles. The highest BCUT2D eigenvalue weighted by Gasteiger charge is 2.28. The van der Waals surface area contributed by atoms with Crippen LogP contribution in [0.1, 0.15) is 5.56 Å². The molecule has 0 amide bonds. The van der Waals surface area contributed by atoms with Crippen LogP contribution < -0.4 is 18.9 Å². The Balaban J connectivity index is 0.000000678. The molecule has 1 heterocycles. The average Bonchev–Trinajstić information content (AvgIpc) is 2.88. The van der Waals surface area contributed by atoms with Crippen LogP contribution in [0.25, 0.3) is 0 Å². The molecule has 0 radical (unpaired) electrons. The summed E-state index contributed by atoms with van der Waals surface area (Å²) in [5, 5.41) is 14.8. The summed E-state index contributed by atoms with van der Waals surface area (Å²) in [6.45, 7) is 2.78. The molecule has 3 rings (SSSR count). The van der Waals surface area contributed by atoms with Gasteiger partial charge in [-0.3, -0.25) is 4.90 Å². The molecule has 12 nitrogen and oxygen atoms in total. The maximum Gasteiger partial charge on any atom is 0.414 e. The second-order valence-corrected chi connectivity index (χ2v) is 9.44. The number of carbonyl (C=O) groups is 2. The van der Waals surface area contributed by atoms with Gasteiger partial charge >= 0.3 is 11.9 Å². The molecule has 2 aromatic rings. The van der Waals surface area contributed by atoms with Gasteiger partial charge in [-0.15, -0.1) is 0 Å². The lowest BCUT2D eigenvalue weighted by atomic mass is 10.1. The third kappa shape index (κ3) is 7.23. The van der Waals surface area contributed by atoms with Crippen LogP contribution in [0.15, 0.2) is 41.3 Å². The highest BCUT2D eigenvalue weighted by molar-refractivity contribution is 7.89. The van der Waals surface area contributed by atoms with E-state index in [1.165, 1.54) is 4.31 Å². The largest absolute Gasteiger partial charge is 0.497 e. The summed E-state index contributed by atoms with van der Waals surface area (Å²) in [4.78, 5) is 20.7. The summed E-state index contributed by atoms with van der Waals surface area (Å²) in [7, 11) is 2.78. The second kappa shape index (κ2) is 13.0. The van der Waals surface area contributed by atoms with Crippen LogP contribution >= 0.6 is 0 Å². The number of carboxylic acids is 2. The van der Waals surface area contributed by atoms with Crippen molar-refractivity contribution in [2.75, 3.05) is 54.6 Å². The first-order valence-electron chi connectivity index (χ1n) is 10.7. The highest BCUT2D eigenvalue weighted by Crippen LogP contribution is 2.38. The van der Waals surface area contributed by atoms with E-state index in [9.17, 15) is 8.42 Å². The van der Waals surface area contributed by atoms with Crippen LogP contribution in [0.5, 0.6) is 23.0 Å². The first-order chi connectivity index (χ1) is 17.1. The van der Waals surface area contributed by atoms with E-state index in [0.29, 0.717) is 55.7 Å². The first-order valence-corrected chi connectivity index (χ1v) is 12.1. The Morgan fingerprint density at radius 2 is 1.31 bits per heavy atom. The fraction of sp³-hybridized carbons (Fsp3) is 0.391. The highest BCUT2D eigenvalue weighted by atomic mass is 32.2. The molecule has 0 saturated carbocycles. The van der Waals surface area contributed by atoms with E-state index in [2.05, 4.69) is 4.90 Å². The van der Waals surface area contributed by atoms with Gasteiger partial charge in [0.15, 0.2) is 11.5 Å². The summed E-state index contributed by atoms with van der Waals surface area (Å²) in [5.41, 5.74) is 1.01. The molecule has 1 aliphatic rings. The van der Waals surface area contributed by atoms with Gasteiger partial charge in [0.25, 0.3) is 0 Å². The predicted octanol–water partition coefficient (Wildman–Crippen LogP) is 1.38. The van der Waals surface area contributed by atoms with Gasteiger partial charge in [0.05, 0.1) is 33.3 Å². The molecule has 1 saturated heterocycles. The molecule has 198 valence electrons. The van der Waals surface area contributed by atoms with Crippen LogP contribution in [0.2, 0.25) is 0 Å². The molecule has 1 fully saturated rings. The molecule has 0 aliphatic carbocycles. The lowest BCUT2D eigenvalue weighted by molar-refractivity contribution is -0.159. The third-order valence-corrected chi connectivity index (χ3v) is 7.25. The number of sulfonamides is 1. The second-order valence-electron chi connectivity index (χ2n) is 7.50. The van der Waals surface area contributed by atoms with Crippen molar-refractivity contribution in [1.82, 2.24) is 9.21 Å². The number of methoxy groups -OCH3 is 4. The van der Waals surface area contributed by atoms with Gasteiger partial charge in [0.2, 0.25) is 15.8 Å². The molecule has 0 unspecified atom stereocenters. The molecule has 0 bridgehead atoms. The lowest BCUT2D eigenvalue weighted by Gasteiger charge is -2.34. The Bertz CT molecular complexity index is 1110. The minimum absolute atomic E-state index is 0.279. The van der Waals surface area contributed by atoms with E-state index in [0.717, 1.165) is 5.56 Å². The van der Waals surface area contributed by atoms with E-state index in [1.807, 2.05) is 12.1 Å². The summed E-state index contributed by atoms with van der Waals surface area (Å²) < 4.78 is 48.6. The predicted molar refractivity (Wildman–Crippen MR) is 128 cm³/mol. The summed E-state index contributed by atoms with van der Waals surface area (Å²) in [6.07, 6.45) is 0. The van der Waals surface area contributed by atoms with Crippen molar-refractivity contribution in [3.8, 4) is 23.0 Å². The number of ether oxygens (including phenoxy) is 4. The van der Waals surface area contributed by atoms with Gasteiger partial charge in [0, 0.05) is 32.7 Å². The topological polar surface area (TPSA) is 152 Å². The van der Waals surface area contributed by atoms with E-state index < -0.39 is 22.0 Å². The van der Waals surface area contributed by atoms with Gasteiger partial charge in [-0.2, -0.15) is 4.31 Å². The van der Waals surface area contributed by atoms with Crippen molar-refractivity contribution in [2.24, 2.45) is 0 Å². The van der Waals surface area contributed by atoms with Crippen molar-refractivity contribution in [3.63, 3.8) is 0 Å². The standard InChI is InChI=1S/C21H28N2O6S.C2H2O4/c1-26-17-5-7-18(8-6-17)30(24,25)23-11-9-22(10-12-23)15-16-13-19(27-2)21(29-4)20(14-16)28-3;3-1(4)2(5)6/h5-8,13-14H,9-12,15H2,1-4H3;(H,3,4)(H,5,6). The normalized spacial score (nSPS) is 14.2. The Labute approximate surface area is 209 Å². The van der Waals surface area contributed by atoms with E-state index >= 15 is 0 Å². The number of aliphatic carboxylic acids is 2. The minimum atomic E-state index is -3.52. The van der Waals surface area contributed by atoms with Crippen LogP contribution in [-0.2, 0) is 26.2 Å². The smallest absolute Gasteiger partial charge is 0.414 e. The maximum absolute atomic E-state index is 12.9. The number of piperazine rings is 1. The zero-order valence-electron chi connectivity index (χ0n) is 20.5. The Kier molecular flexibility index (Phi) is 10.3. The van der Waals surface area contributed by atoms with Crippen molar-refractivity contribution in [2.45, 2.75) is 11.4 Å². The van der Waals surface area contributed by atoms with Gasteiger partial charge < -0.3 is 29.2 Å². The summed E-state index contributed by atoms with van der Waals surface area (Å²) in [6, 6.07) is 10.3. The number of hydrogen-bond acceptors (Lipinski definition) is 9. The number of benzene rings is 2. The molecule has 13 heteroatoms. The number of nitrogens with zero attached hydrogens (tertiary/aromatic N) is 2. The number of carboxylic acid groups (broad SMARTS) is 2. The monoisotopic (exact) mass is 526 g/mol. The van der Waals surface area contributed by atoms with E-state index in [4.69, 9.17) is 38.7 Å². The first kappa shape index (κ1) is 28.7. The molecule has 0 atom stereocenters. The zero-order valence-corrected chi connectivity index (χ0v) is 21.3. The lowest BCUT2D eigenvalue weighted by Crippen LogP contribution is -2.48. The van der Waals surface area contributed by atoms with Crippen LogP contribution in [-0.4, -0.2) is 94.4 Å². The van der Waals surface area contributed by atoms with Gasteiger partial charge in [0.1, 0.15) is 5.75 Å². The molecular formula is C23H30N2O10S. The summed E-state index contributed by atoms with van der Waals surface area (Å²) >= 11 is 0. The van der Waals surface area contributed by atoms with Crippen molar-refractivity contribution in [3.05, 3.63) is 42.0 Å². The fourth-order valence-corrected chi connectivity index (χ4v) is 4.93. The van der Waals surface area contributed by atoms with Gasteiger partial charge in [-0.05, 0) is 42.0 Å². The molecule has 1 aliphatic heterocycles. The molecule has 2 N–H and O–H groups in total. The average molecular weight is 527 g/mol. The third-order valence-electron chi connectivity index (χ3n) is 5.34. The van der Waals surface area contributed by atoms with E-state index in [1.54, 1.807) is 52.7 Å². The Morgan fingerprint density at radius 1 is 0.806 bits per heavy atom. The maximum atomic E-state index is 12.9. The minimum Gasteiger partial charge on any atom is -0.497 e. The molecule has 0 spiro atoms. The summed E-state index contributed by atoms with van der Waals surface area (Å²) in [5.74, 6) is -1.26. The number of hydrogen-bond donors (Lipinski definition) is 2. The van der Waals surface area contributed by atoms with Gasteiger partial charge in [-0.1, -0.05) is 0 Å². The number of rotatable bonds is 8. The Hall–Kier alpha value is -3.55. The molecule has 2 aromatic carbocycles. The van der Waals surface area contributed by atoms with Crippen molar-refractivity contribution >= 4 is 22.0 Å². The van der Waals surface area contributed by atoms with Gasteiger partial charge in [-0.25, -0.2) is 18.0 Å². The Morgan fingerprint density at radius 3 is 1.69 bits per heavy atom. The van der Waals surface area contributed by atoms with Crippen LogP contribution in [0.3, 0.4) is 0 Å². The quantitative estimate of drug-likeness (QED) is 0.480. The van der Waals surface area contributed by atoms with E-state index in [-0.39, 0.29) is 4.90 Å². The van der Waals surface area contributed by atoms with Crippen molar-refractivity contribution < 1.29 is 47.2 Å². The molecular weight excluding hydrogens is 496 g/mol. The zero-order chi connectivity index (χ0) is 26.9. The van der Waals surface area contributed by atoms with Crippen LogP contribution in [0, 0.1) is 0 Å². The van der Waals surface area contributed by atoms with Crippen molar-refractivity contribution in [1.29, 1.82) is 0 Å². The SMILES string of the molecule is COc1ccc(S(=O)(=O)N2CCN(Cc3cc(OC)c(OC)c(OC)c3)CC2)cc1.O=C(O)C(=O)O. The fourth-order valence-electron chi connectivity index (χ4n) is 3.51.